The zero-order valence-electron chi connectivity index (χ0n) is 10.2. The van der Waals surface area contributed by atoms with Crippen molar-refractivity contribution < 1.29 is 23.1 Å². The minimum Gasteiger partial charge on any atom is -0.479 e. The number of carboxylic acid groups (broad SMARTS) is 1. The van der Waals surface area contributed by atoms with Gasteiger partial charge in [0.05, 0.1) is 0 Å². The minimum absolute atomic E-state index is 0.228. The third-order valence-corrected chi connectivity index (χ3v) is 2.62. The summed E-state index contributed by atoms with van der Waals surface area (Å²) in [5, 5.41) is 10.4. The second kappa shape index (κ2) is 4.90. The van der Waals surface area contributed by atoms with E-state index in [0.29, 0.717) is 6.92 Å². The van der Waals surface area contributed by atoms with Crippen molar-refractivity contribution in [2.24, 2.45) is 0 Å². The van der Waals surface area contributed by atoms with Crippen LogP contribution in [0.15, 0.2) is 17.2 Å². The number of aromatic nitrogens is 2. The Kier molecular flexibility index (Phi) is 3.87. The Morgan fingerprint density at radius 3 is 2.53 bits per heavy atom. The van der Waals surface area contributed by atoms with Crippen LogP contribution in [0.3, 0.4) is 0 Å². The maximum atomic E-state index is 12.8. The molecule has 0 amide bonds. The van der Waals surface area contributed by atoms with Gasteiger partial charge in [-0.3, -0.25) is 4.79 Å². The zero-order valence-corrected chi connectivity index (χ0v) is 10.2. The molecular formula is C10H12F3N3O3. The molecule has 1 aromatic heterocycles. The topological polar surface area (TPSA) is 84.2 Å². The molecule has 0 aromatic carbocycles. The summed E-state index contributed by atoms with van der Waals surface area (Å²) in [5.74, 6) is -2.81. The van der Waals surface area contributed by atoms with E-state index < -0.39 is 29.1 Å². The fraction of sp³-hybridized carbons (Fsp3) is 0.500. The van der Waals surface area contributed by atoms with Gasteiger partial charge in [-0.2, -0.15) is 13.2 Å². The van der Waals surface area contributed by atoms with Crippen LogP contribution in [0.1, 0.15) is 13.8 Å². The first-order valence-corrected chi connectivity index (χ1v) is 5.27. The quantitative estimate of drug-likeness (QED) is 0.861. The first kappa shape index (κ1) is 15.0. The Hall–Kier alpha value is -2.06. The van der Waals surface area contributed by atoms with Gasteiger partial charge in [0.1, 0.15) is 0 Å². The van der Waals surface area contributed by atoms with E-state index in [1.54, 1.807) is 12.2 Å². The van der Waals surface area contributed by atoms with Crippen molar-refractivity contribution in [3.8, 4) is 0 Å². The van der Waals surface area contributed by atoms with Gasteiger partial charge < -0.3 is 15.0 Å². The van der Waals surface area contributed by atoms with Crippen LogP contribution in [0.25, 0.3) is 0 Å². The summed E-state index contributed by atoms with van der Waals surface area (Å²) >= 11 is 0. The third kappa shape index (κ3) is 2.69. The molecule has 2 N–H and O–H groups in total. The summed E-state index contributed by atoms with van der Waals surface area (Å²) in [6.07, 6.45) is -2.68. The summed E-state index contributed by atoms with van der Waals surface area (Å²) in [6, 6.07) is 0. The van der Waals surface area contributed by atoms with Crippen LogP contribution in [0.5, 0.6) is 0 Å². The summed E-state index contributed by atoms with van der Waals surface area (Å²) in [4.78, 5) is 26.0. The second-order valence-electron chi connectivity index (χ2n) is 3.92. The van der Waals surface area contributed by atoms with E-state index in [1.807, 2.05) is 0 Å². The van der Waals surface area contributed by atoms with Crippen LogP contribution >= 0.6 is 0 Å². The highest BCUT2D eigenvalue weighted by molar-refractivity contribution is 5.83. The first-order chi connectivity index (χ1) is 8.63. The number of halogens is 3. The number of aryl methyl sites for hydroxylation is 1. The fourth-order valence-corrected chi connectivity index (χ4v) is 1.26. The summed E-state index contributed by atoms with van der Waals surface area (Å²) in [6.45, 7) is 2.27. The van der Waals surface area contributed by atoms with Crippen LogP contribution in [0.2, 0.25) is 0 Å². The lowest BCUT2D eigenvalue weighted by Gasteiger charge is -2.28. The number of carbonyl (C=O) groups is 1. The van der Waals surface area contributed by atoms with Gasteiger partial charge in [-0.25, -0.2) is 9.78 Å². The second-order valence-corrected chi connectivity index (χ2v) is 3.92. The van der Waals surface area contributed by atoms with E-state index in [9.17, 15) is 22.8 Å². The van der Waals surface area contributed by atoms with Crippen molar-refractivity contribution in [3.63, 3.8) is 0 Å². The molecule has 1 atom stereocenters. The van der Waals surface area contributed by atoms with Gasteiger partial charge in [-0.15, -0.1) is 0 Å². The lowest BCUT2D eigenvalue weighted by atomic mass is 10.0. The van der Waals surface area contributed by atoms with Gasteiger partial charge in [0.15, 0.2) is 5.82 Å². The Morgan fingerprint density at radius 1 is 1.53 bits per heavy atom. The molecule has 1 heterocycles. The zero-order chi connectivity index (χ0) is 14.8. The van der Waals surface area contributed by atoms with E-state index in [-0.39, 0.29) is 6.54 Å². The first-order valence-electron chi connectivity index (χ1n) is 5.27. The van der Waals surface area contributed by atoms with Gasteiger partial charge in [0.2, 0.25) is 5.54 Å². The number of nitrogens with zero attached hydrogens (tertiary/aromatic N) is 2. The maximum Gasteiger partial charge on any atom is 0.422 e. The highest BCUT2D eigenvalue weighted by Gasteiger charge is 2.58. The van der Waals surface area contributed by atoms with Crippen molar-refractivity contribution in [2.45, 2.75) is 32.1 Å². The number of rotatable bonds is 4. The SMILES string of the molecule is CCn1ccnc(NC(C)(C(=O)O)C(F)(F)F)c1=O. The molecule has 1 rings (SSSR count). The Morgan fingerprint density at radius 2 is 2.11 bits per heavy atom. The van der Waals surface area contributed by atoms with Crippen molar-refractivity contribution in [2.75, 3.05) is 5.32 Å². The highest BCUT2D eigenvalue weighted by atomic mass is 19.4. The number of alkyl halides is 3. The van der Waals surface area contributed by atoms with Crippen LogP contribution in [0.4, 0.5) is 19.0 Å². The molecule has 0 spiro atoms. The molecule has 0 fully saturated rings. The number of carboxylic acids is 1. The standard InChI is InChI=1S/C10H12F3N3O3/c1-3-16-5-4-14-6(7(16)17)15-9(2,8(18)19)10(11,12)13/h4-5H,3H2,1-2H3,(H,14,15)(H,18,19). The predicted molar refractivity (Wildman–Crippen MR) is 59.9 cm³/mol. The molecule has 6 nitrogen and oxygen atoms in total. The van der Waals surface area contributed by atoms with Gasteiger partial charge in [-0.05, 0) is 13.8 Å². The Labute approximate surface area is 105 Å². The molecule has 0 saturated heterocycles. The summed E-state index contributed by atoms with van der Waals surface area (Å²) < 4.78 is 39.4. The molecule has 0 aliphatic heterocycles. The molecule has 0 saturated carbocycles. The molecule has 1 unspecified atom stereocenters. The van der Waals surface area contributed by atoms with Crippen LogP contribution in [-0.4, -0.2) is 32.3 Å². The molecular weight excluding hydrogens is 267 g/mol. The van der Waals surface area contributed by atoms with Crippen LogP contribution < -0.4 is 10.9 Å². The smallest absolute Gasteiger partial charge is 0.422 e. The average molecular weight is 279 g/mol. The van der Waals surface area contributed by atoms with Gasteiger partial charge >= 0.3 is 12.1 Å². The molecule has 106 valence electrons. The monoisotopic (exact) mass is 279 g/mol. The number of nitrogens with one attached hydrogen (secondary N) is 1. The molecule has 9 heteroatoms. The number of hydrogen-bond donors (Lipinski definition) is 2. The number of aliphatic carboxylic acids is 1. The van der Waals surface area contributed by atoms with Crippen LogP contribution in [0, 0.1) is 0 Å². The fourth-order valence-electron chi connectivity index (χ4n) is 1.26. The largest absolute Gasteiger partial charge is 0.479 e. The maximum absolute atomic E-state index is 12.8. The Bertz CT molecular complexity index is 541. The molecule has 0 radical (unpaired) electrons. The van der Waals surface area contributed by atoms with E-state index >= 15 is 0 Å². The van der Waals surface area contributed by atoms with Crippen molar-refractivity contribution in [3.05, 3.63) is 22.7 Å². The number of hydrogen-bond acceptors (Lipinski definition) is 4. The van der Waals surface area contributed by atoms with Crippen LogP contribution in [-0.2, 0) is 11.3 Å². The normalized spacial score (nSPS) is 14.8. The minimum atomic E-state index is -5.08. The number of anilines is 1. The van der Waals surface area contributed by atoms with E-state index in [2.05, 4.69) is 4.98 Å². The predicted octanol–water partition coefficient (Wildman–Crippen LogP) is 1.08. The van der Waals surface area contributed by atoms with E-state index in [4.69, 9.17) is 5.11 Å². The van der Waals surface area contributed by atoms with E-state index in [1.165, 1.54) is 6.20 Å². The summed E-state index contributed by atoms with van der Waals surface area (Å²) in [5.41, 5.74) is -4.10. The molecule has 0 aliphatic carbocycles. The molecule has 1 aromatic rings. The molecule has 0 aliphatic rings. The lowest BCUT2D eigenvalue weighted by molar-refractivity contribution is -0.193. The van der Waals surface area contributed by atoms with Crippen molar-refractivity contribution in [1.29, 1.82) is 0 Å². The average Bonchev–Trinajstić information content (AvgIpc) is 2.30. The van der Waals surface area contributed by atoms with Gasteiger partial charge in [0.25, 0.3) is 5.56 Å². The van der Waals surface area contributed by atoms with Gasteiger partial charge in [0, 0.05) is 18.9 Å². The third-order valence-electron chi connectivity index (χ3n) is 2.62. The van der Waals surface area contributed by atoms with Crippen molar-refractivity contribution in [1.82, 2.24) is 9.55 Å². The molecule has 0 bridgehead atoms. The molecule has 19 heavy (non-hydrogen) atoms. The summed E-state index contributed by atoms with van der Waals surface area (Å²) in [7, 11) is 0. The van der Waals surface area contributed by atoms with E-state index in [0.717, 1.165) is 10.8 Å². The Balaban J connectivity index is 3.27. The lowest BCUT2D eigenvalue weighted by Crippen LogP contribution is -2.56. The highest BCUT2D eigenvalue weighted by Crippen LogP contribution is 2.32. The van der Waals surface area contributed by atoms with Gasteiger partial charge in [-0.1, -0.05) is 0 Å². The van der Waals surface area contributed by atoms with Crippen molar-refractivity contribution >= 4 is 11.8 Å².